The van der Waals surface area contributed by atoms with Crippen LogP contribution in [0.1, 0.15) is 0 Å². The lowest BCUT2D eigenvalue weighted by atomic mass is 10.0. The highest BCUT2D eigenvalue weighted by molar-refractivity contribution is 7.27. The van der Waals surface area contributed by atoms with E-state index in [2.05, 4.69) is 432 Å². The predicted molar refractivity (Wildman–Crippen MR) is 489 cm³/mol. The molecule has 528 valence electrons. The van der Waals surface area contributed by atoms with Crippen molar-refractivity contribution >= 4 is 216 Å². The molecule has 4 nitrogen and oxygen atoms in total. The molecule has 0 saturated carbocycles. The van der Waals surface area contributed by atoms with Crippen molar-refractivity contribution < 1.29 is 0 Å². The van der Waals surface area contributed by atoms with E-state index in [0.29, 0.717) is 0 Å². The molecule has 8 heteroatoms. The molecule has 0 atom stereocenters. The Balaban J connectivity index is 0.000000143. The van der Waals surface area contributed by atoms with Gasteiger partial charge in [-0.15, -0.1) is 45.3 Å². The molecule has 18 aromatic carbocycles. The summed E-state index contributed by atoms with van der Waals surface area (Å²) in [6, 6.07) is 150. The van der Waals surface area contributed by atoms with E-state index in [4.69, 9.17) is 0 Å². The molecule has 0 aliphatic carbocycles. The van der Waals surface area contributed by atoms with Crippen LogP contribution in [0.25, 0.3) is 124 Å². The quantitative estimate of drug-likeness (QED) is 0.108. The normalized spacial score (nSPS) is 11.6. The summed E-state index contributed by atoms with van der Waals surface area (Å²) in [6.45, 7) is 0. The zero-order valence-electron chi connectivity index (χ0n) is 60.7. The fourth-order valence-corrected chi connectivity index (χ4v) is 20.7. The number of rotatable bonds is 14. The third kappa shape index (κ3) is 12.2. The van der Waals surface area contributed by atoms with Crippen LogP contribution in [-0.2, 0) is 0 Å². The van der Waals surface area contributed by atoms with Crippen molar-refractivity contribution in [2.45, 2.75) is 0 Å². The molecular formula is C104H68N4S4. The van der Waals surface area contributed by atoms with Crippen LogP contribution in [0.5, 0.6) is 0 Å². The molecule has 0 bridgehead atoms. The highest BCUT2D eigenvalue weighted by atomic mass is 32.1. The van der Waals surface area contributed by atoms with Crippen molar-refractivity contribution in [3.8, 4) is 22.3 Å². The van der Waals surface area contributed by atoms with Gasteiger partial charge in [0.25, 0.3) is 0 Å². The minimum atomic E-state index is 1.11. The van der Waals surface area contributed by atoms with Gasteiger partial charge < -0.3 is 19.6 Å². The van der Waals surface area contributed by atoms with Crippen LogP contribution < -0.4 is 19.6 Å². The smallest absolute Gasteiger partial charge is 0.0540 e. The Kier molecular flexibility index (Phi) is 17.0. The number of para-hydroxylation sites is 2. The van der Waals surface area contributed by atoms with Crippen LogP contribution in [0.2, 0.25) is 0 Å². The summed E-state index contributed by atoms with van der Waals surface area (Å²) in [6.07, 6.45) is 0. The maximum atomic E-state index is 2.41. The lowest BCUT2D eigenvalue weighted by Gasteiger charge is -2.27. The molecule has 0 spiro atoms. The van der Waals surface area contributed by atoms with E-state index in [-0.39, 0.29) is 0 Å². The van der Waals surface area contributed by atoms with Crippen molar-refractivity contribution in [2.75, 3.05) is 19.6 Å². The molecule has 4 aromatic heterocycles. The first-order valence-corrected chi connectivity index (χ1v) is 41.1. The van der Waals surface area contributed by atoms with Crippen molar-refractivity contribution in [3.63, 3.8) is 0 Å². The molecule has 0 aliphatic rings. The number of hydrogen-bond donors (Lipinski definition) is 0. The average molecular weight is 1500 g/mol. The van der Waals surface area contributed by atoms with Gasteiger partial charge >= 0.3 is 0 Å². The van der Waals surface area contributed by atoms with Crippen molar-refractivity contribution in [1.82, 2.24) is 0 Å². The Labute approximate surface area is 664 Å². The van der Waals surface area contributed by atoms with Crippen LogP contribution in [0, 0.1) is 0 Å². The van der Waals surface area contributed by atoms with E-state index in [0.717, 1.165) is 68.2 Å². The van der Waals surface area contributed by atoms with Gasteiger partial charge in [0.15, 0.2) is 0 Å². The summed E-state index contributed by atoms with van der Waals surface area (Å²) in [5.74, 6) is 0. The Morgan fingerprint density at radius 1 is 0.134 bits per heavy atom. The monoisotopic (exact) mass is 1500 g/mol. The fraction of sp³-hybridized carbons (Fsp3) is 0. The number of anilines is 12. The summed E-state index contributed by atoms with van der Waals surface area (Å²) in [7, 11) is 0. The standard InChI is InChI=1S/C56H36N2S2.C48H32N2S2/c1-3-15-45-39(11-1)13-9-19-51(45)57(43-31-33-55-49(35-43)47-17-5-7-21-53(47)59-55)41-27-23-37(24-28-41)38-25-29-42(30-26-38)58(52-20-10-14-40-12-2-4-16-46(40)52)44-32-34-56-50(36-44)48-18-6-8-22-54(48)60-56;1-3-11-35(12-4-1)49(39-27-29-47-43(31-39)41-15-7-9-17-45(41)51-47)37-23-19-33(20-24-37)34-21-25-38(26-22-34)50(36-13-5-2-6-14-36)40-28-30-48-44(32-40)42-16-8-10-18-46(42)52-48/h1-36H;1-32H. The largest absolute Gasteiger partial charge is 0.310 e. The van der Waals surface area contributed by atoms with Crippen molar-refractivity contribution in [1.29, 1.82) is 0 Å². The number of benzene rings is 18. The number of thiophene rings is 4. The van der Waals surface area contributed by atoms with E-state index in [1.54, 1.807) is 0 Å². The molecule has 0 amide bonds. The first-order valence-electron chi connectivity index (χ1n) is 37.8. The van der Waals surface area contributed by atoms with Gasteiger partial charge in [0.2, 0.25) is 0 Å². The van der Waals surface area contributed by atoms with Gasteiger partial charge in [-0.3, -0.25) is 0 Å². The lowest BCUT2D eigenvalue weighted by Crippen LogP contribution is -2.10. The maximum absolute atomic E-state index is 2.41. The first-order chi connectivity index (χ1) is 55.5. The van der Waals surface area contributed by atoms with Crippen LogP contribution in [0.15, 0.2) is 413 Å². The lowest BCUT2D eigenvalue weighted by molar-refractivity contribution is 1.29. The molecule has 0 N–H and O–H groups in total. The number of fused-ring (bicyclic) bond motifs is 14. The van der Waals surface area contributed by atoms with Crippen LogP contribution in [-0.4, -0.2) is 0 Å². The maximum Gasteiger partial charge on any atom is 0.0540 e. The van der Waals surface area contributed by atoms with E-state index in [1.165, 1.54) is 124 Å². The van der Waals surface area contributed by atoms with Gasteiger partial charge in [-0.25, -0.2) is 0 Å². The van der Waals surface area contributed by atoms with E-state index >= 15 is 0 Å². The first kappa shape index (κ1) is 66.7. The molecule has 0 fully saturated rings. The highest BCUT2D eigenvalue weighted by Gasteiger charge is 2.23. The number of nitrogens with zero attached hydrogens (tertiary/aromatic N) is 4. The second-order valence-corrected chi connectivity index (χ2v) is 32.6. The Hall–Kier alpha value is -13.4. The second kappa shape index (κ2) is 28.5. The summed E-state index contributed by atoms with van der Waals surface area (Å²) < 4.78 is 10.5. The minimum Gasteiger partial charge on any atom is -0.310 e. The molecule has 22 aromatic rings. The average Bonchev–Trinajstić information content (AvgIpc) is 1.35. The number of hydrogen-bond acceptors (Lipinski definition) is 8. The molecule has 112 heavy (non-hydrogen) atoms. The van der Waals surface area contributed by atoms with Crippen LogP contribution in [0.4, 0.5) is 68.2 Å². The predicted octanol–water partition coefficient (Wildman–Crippen LogP) is 32.4. The Morgan fingerprint density at radius 3 is 0.652 bits per heavy atom. The van der Waals surface area contributed by atoms with Gasteiger partial charge in [-0.05, 0) is 215 Å². The third-order valence-electron chi connectivity index (χ3n) is 21.7. The van der Waals surface area contributed by atoms with Gasteiger partial charge in [-0.1, -0.05) is 231 Å². The summed E-state index contributed by atoms with van der Waals surface area (Å²) in [5.41, 5.74) is 18.3. The van der Waals surface area contributed by atoms with Crippen LogP contribution in [0.3, 0.4) is 0 Å². The Morgan fingerprint density at radius 2 is 0.348 bits per heavy atom. The Bertz CT molecular complexity index is 6820. The molecule has 22 rings (SSSR count). The van der Waals surface area contributed by atoms with E-state index < -0.39 is 0 Å². The second-order valence-electron chi connectivity index (χ2n) is 28.3. The van der Waals surface area contributed by atoms with Gasteiger partial charge in [0, 0.05) is 148 Å². The highest BCUT2D eigenvalue weighted by Crippen LogP contribution is 2.49. The molecule has 0 saturated heterocycles. The van der Waals surface area contributed by atoms with E-state index in [9.17, 15) is 0 Å². The summed E-state index contributed by atoms with van der Waals surface area (Å²) >= 11 is 7.42. The van der Waals surface area contributed by atoms with Gasteiger partial charge in [-0.2, -0.15) is 0 Å². The van der Waals surface area contributed by atoms with Gasteiger partial charge in [0.05, 0.1) is 11.4 Å². The zero-order valence-corrected chi connectivity index (χ0v) is 63.9. The third-order valence-corrected chi connectivity index (χ3v) is 26.3. The topological polar surface area (TPSA) is 13.0 Å². The minimum absolute atomic E-state index is 1.11. The molecule has 0 aliphatic heterocycles. The molecule has 0 unspecified atom stereocenters. The fourth-order valence-electron chi connectivity index (χ4n) is 16.3. The molecular weight excluding hydrogens is 1430 g/mol. The zero-order chi connectivity index (χ0) is 74.0. The summed E-state index contributed by atoms with van der Waals surface area (Å²) in [4.78, 5) is 9.53. The van der Waals surface area contributed by atoms with E-state index in [1.807, 2.05) is 45.3 Å². The summed E-state index contributed by atoms with van der Waals surface area (Å²) in [5, 5.41) is 15.3. The molecule has 0 radical (unpaired) electrons. The van der Waals surface area contributed by atoms with Crippen molar-refractivity contribution in [2.24, 2.45) is 0 Å². The SMILES string of the molecule is c1ccc(N(c2ccc(-c3ccc(N(c4ccccc4)c4ccc5sc6ccccc6c5c4)cc3)cc2)c2ccc3sc4ccccc4c3c2)cc1.c1ccc2c(N(c3ccc(-c4ccc(N(c5ccc6sc7ccccc7c6c5)c5cccc6ccccc56)cc4)cc3)c3ccc4sc5ccccc5c4c3)cccc2c1. The molecule has 4 heterocycles. The van der Waals surface area contributed by atoms with Crippen LogP contribution >= 0.6 is 45.3 Å². The van der Waals surface area contributed by atoms with Crippen molar-refractivity contribution in [3.05, 3.63) is 413 Å². The van der Waals surface area contributed by atoms with Gasteiger partial charge in [0.1, 0.15) is 0 Å².